The number of nitrogens with one attached hydrogen (secondary N) is 1. The second-order valence-electron chi connectivity index (χ2n) is 7.14. The molecule has 3 aromatic rings. The lowest BCUT2D eigenvalue weighted by Crippen LogP contribution is -2.39. The number of halogens is 1. The molecule has 5 nitrogen and oxygen atoms in total. The smallest absolute Gasteiger partial charge is 0.256 e. The first-order chi connectivity index (χ1) is 12.5. The molecule has 1 amide bonds. The quantitative estimate of drug-likeness (QED) is 0.755. The fourth-order valence-electron chi connectivity index (χ4n) is 3.84. The number of piperidine rings is 1. The van der Waals surface area contributed by atoms with Gasteiger partial charge in [-0.15, -0.1) is 0 Å². The summed E-state index contributed by atoms with van der Waals surface area (Å²) in [5, 5.41) is 0. The maximum absolute atomic E-state index is 13.5. The van der Waals surface area contributed by atoms with Crippen molar-refractivity contribution in [2.24, 2.45) is 7.05 Å². The van der Waals surface area contributed by atoms with E-state index in [9.17, 15) is 9.18 Å². The summed E-state index contributed by atoms with van der Waals surface area (Å²) in [5.74, 6) is 0.492. The Morgan fingerprint density at radius 1 is 1.27 bits per heavy atom. The number of rotatable bonds is 2. The van der Waals surface area contributed by atoms with Gasteiger partial charge >= 0.3 is 0 Å². The van der Waals surface area contributed by atoms with Crippen molar-refractivity contribution in [2.45, 2.75) is 39.2 Å². The van der Waals surface area contributed by atoms with E-state index in [1.54, 1.807) is 6.07 Å². The molecule has 2 aromatic heterocycles. The van der Waals surface area contributed by atoms with Gasteiger partial charge in [-0.1, -0.05) is 0 Å². The van der Waals surface area contributed by atoms with Gasteiger partial charge in [0.25, 0.3) is 5.91 Å². The third-order valence-electron chi connectivity index (χ3n) is 5.55. The molecule has 3 heterocycles. The second kappa shape index (κ2) is 6.27. The Labute approximate surface area is 151 Å². The molecule has 1 aliphatic rings. The number of benzene rings is 1. The number of amides is 1. The molecule has 1 aromatic carbocycles. The average molecular weight is 354 g/mol. The van der Waals surface area contributed by atoms with Gasteiger partial charge in [0, 0.05) is 25.0 Å². The predicted octanol–water partition coefficient (Wildman–Crippen LogP) is 4.02. The van der Waals surface area contributed by atoms with Gasteiger partial charge in [-0.05, 0) is 57.4 Å². The fourth-order valence-corrected chi connectivity index (χ4v) is 3.84. The lowest BCUT2D eigenvalue weighted by atomic mass is 10.00. The molecule has 1 aliphatic heterocycles. The van der Waals surface area contributed by atoms with Gasteiger partial charge in [0.05, 0.1) is 22.6 Å². The highest BCUT2D eigenvalue weighted by atomic mass is 19.1. The van der Waals surface area contributed by atoms with Crippen molar-refractivity contribution < 1.29 is 9.18 Å². The first kappa shape index (κ1) is 16.8. The molecule has 0 spiro atoms. The Balaban J connectivity index is 1.71. The van der Waals surface area contributed by atoms with Crippen molar-refractivity contribution >= 4 is 16.9 Å². The molecule has 1 N–H and O–H groups in total. The molecule has 136 valence electrons. The first-order valence-corrected chi connectivity index (χ1v) is 9.05. The Morgan fingerprint density at radius 2 is 2.08 bits per heavy atom. The molecule has 1 atom stereocenters. The second-order valence-corrected chi connectivity index (χ2v) is 7.14. The van der Waals surface area contributed by atoms with Crippen LogP contribution in [-0.4, -0.2) is 31.9 Å². The van der Waals surface area contributed by atoms with Crippen LogP contribution in [0.25, 0.3) is 11.0 Å². The van der Waals surface area contributed by atoms with E-state index in [0.717, 1.165) is 47.6 Å². The number of aromatic nitrogens is 3. The van der Waals surface area contributed by atoms with Crippen molar-refractivity contribution in [3.8, 4) is 0 Å². The molecule has 0 bridgehead atoms. The number of imidazole rings is 1. The van der Waals surface area contributed by atoms with Gasteiger partial charge in [-0.25, -0.2) is 9.37 Å². The van der Waals surface area contributed by atoms with Crippen molar-refractivity contribution in [1.29, 1.82) is 0 Å². The molecule has 0 radical (unpaired) electrons. The fraction of sp³-hybridized carbons (Fsp3) is 0.400. The van der Waals surface area contributed by atoms with Crippen molar-refractivity contribution in [2.75, 3.05) is 6.54 Å². The van der Waals surface area contributed by atoms with E-state index in [-0.39, 0.29) is 17.8 Å². The van der Waals surface area contributed by atoms with Gasteiger partial charge in [-0.2, -0.15) is 0 Å². The zero-order valence-corrected chi connectivity index (χ0v) is 15.3. The number of fused-ring (bicyclic) bond motifs is 1. The monoisotopic (exact) mass is 354 g/mol. The zero-order valence-electron chi connectivity index (χ0n) is 15.3. The van der Waals surface area contributed by atoms with E-state index in [1.807, 2.05) is 36.4 Å². The number of H-pyrrole nitrogens is 1. The summed E-state index contributed by atoms with van der Waals surface area (Å²) in [6.07, 6.45) is 2.90. The maximum Gasteiger partial charge on any atom is 0.256 e. The number of likely N-dealkylation sites (tertiary alicyclic amines) is 1. The molecule has 4 rings (SSSR count). The number of aromatic amines is 1. The van der Waals surface area contributed by atoms with E-state index in [1.165, 1.54) is 12.1 Å². The Morgan fingerprint density at radius 3 is 2.81 bits per heavy atom. The third kappa shape index (κ3) is 2.69. The highest BCUT2D eigenvalue weighted by molar-refractivity contribution is 5.96. The SMILES string of the molecule is Cc1cc(C(=O)N2CCCC[C@@H]2c2nc3ccc(F)cc3[nH]2)c(C)n1C. The van der Waals surface area contributed by atoms with Crippen LogP contribution in [0.3, 0.4) is 0 Å². The van der Waals surface area contributed by atoms with Crippen molar-refractivity contribution in [3.05, 3.63) is 52.9 Å². The number of hydrogen-bond donors (Lipinski definition) is 1. The van der Waals surface area contributed by atoms with E-state index in [0.29, 0.717) is 12.1 Å². The summed E-state index contributed by atoms with van der Waals surface area (Å²) in [6, 6.07) is 6.38. The minimum atomic E-state index is -0.292. The van der Waals surface area contributed by atoms with Gasteiger partial charge in [0.1, 0.15) is 11.6 Å². The van der Waals surface area contributed by atoms with Crippen LogP contribution in [0.1, 0.15) is 52.9 Å². The Kier molecular flexibility index (Phi) is 4.05. The van der Waals surface area contributed by atoms with Crippen LogP contribution in [0.15, 0.2) is 24.3 Å². The summed E-state index contributed by atoms with van der Waals surface area (Å²) in [7, 11) is 1.98. The van der Waals surface area contributed by atoms with E-state index in [2.05, 4.69) is 9.97 Å². The van der Waals surface area contributed by atoms with Crippen LogP contribution in [0.5, 0.6) is 0 Å². The largest absolute Gasteiger partial charge is 0.351 e. The molecule has 6 heteroatoms. The molecular weight excluding hydrogens is 331 g/mol. The highest BCUT2D eigenvalue weighted by Gasteiger charge is 2.32. The van der Waals surface area contributed by atoms with Crippen LogP contribution >= 0.6 is 0 Å². The summed E-state index contributed by atoms with van der Waals surface area (Å²) in [4.78, 5) is 23.0. The Bertz CT molecular complexity index is 987. The van der Waals surface area contributed by atoms with Gasteiger partial charge in [-0.3, -0.25) is 4.79 Å². The van der Waals surface area contributed by atoms with Crippen LogP contribution in [-0.2, 0) is 7.05 Å². The summed E-state index contributed by atoms with van der Waals surface area (Å²) < 4.78 is 15.5. The number of carbonyl (C=O) groups is 1. The molecule has 0 aliphatic carbocycles. The average Bonchev–Trinajstić information content (AvgIpc) is 3.17. The summed E-state index contributed by atoms with van der Waals surface area (Å²) in [5.41, 5.74) is 4.19. The van der Waals surface area contributed by atoms with Crippen LogP contribution < -0.4 is 0 Å². The zero-order chi connectivity index (χ0) is 18.4. The maximum atomic E-state index is 13.5. The van der Waals surface area contributed by atoms with Gasteiger partial charge in [0.15, 0.2) is 0 Å². The van der Waals surface area contributed by atoms with Crippen molar-refractivity contribution in [3.63, 3.8) is 0 Å². The van der Waals surface area contributed by atoms with Crippen molar-refractivity contribution in [1.82, 2.24) is 19.4 Å². The normalized spacial score (nSPS) is 17.8. The molecule has 0 unspecified atom stereocenters. The third-order valence-corrected chi connectivity index (χ3v) is 5.55. The lowest BCUT2D eigenvalue weighted by molar-refractivity contribution is 0.0600. The molecule has 1 saturated heterocycles. The number of nitrogens with zero attached hydrogens (tertiary/aromatic N) is 3. The molecule has 26 heavy (non-hydrogen) atoms. The highest BCUT2D eigenvalue weighted by Crippen LogP contribution is 2.32. The molecule has 1 fully saturated rings. The predicted molar refractivity (Wildman–Crippen MR) is 98.6 cm³/mol. The minimum absolute atomic E-state index is 0.0440. The van der Waals surface area contributed by atoms with Crippen LogP contribution in [0, 0.1) is 19.7 Å². The van der Waals surface area contributed by atoms with Gasteiger partial charge < -0.3 is 14.5 Å². The van der Waals surface area contributed by atoms with E-state index >= 15 is 0 Å². The Hall–Kier alpha value is -2.63. The van der Waals surface area contributed by atoms with Crippen LogP contribution in [0.4, 0.5) is 4.39 Å². The number of hydrogen-bond acceptors (Lipinski definition) is 2. The topological polar surface area (TPSA) is 53.9 Å². The van der Waals surface area contributed by atoms with E-state index in [4.69, 9.17) is 0 Å². The van der Waals surface area contributed by atoms with Gasteiger partial charge in [0.2, 0.25) is 0 Å². The van der Waals surface area contributed by atoms with Crippen LogP contribution in [0.2, 0.25) is 0 Å². The summed E-state index contributed by atoms with van der Waals surface area (Å²) in [6.45, 7) is 4.69. The number of carbonyl (C=O) groups excluding carboxylic acids is 1. The van der Waals surface area contributed by atoms with E-state index < -0.39 is 0 Å². The summed E-state index contributed by atoms with van der Waals surface area (Å²) >= 11 is 0. The number of aryl methyl sites for hydroxylation is 1. The minimum Gasteiger partial charge on any atom is -0.351 e. The lowest BCUT2D eigenvalue weighted by Gasteiger charge is -2.34. The molecular formula is C20H23FN4O. The molecule has 0 saturated carbocycles. The standard InChI is InChI=1S/C20H23FN4O/c1-12-10-15(13(2)24(12)3)20(26)25-9-5-4-6-18(25)19-22-16-8-7-14(21)11-17(16)23-19/h7-8,10-11,18H,4-6,9H2,1-3H3,(H,22,23)/t18-/m1/s1. The first-order valence-electron chi connectivity index (χ1n) is 9.05.